The van der Waals surface area contributed by atoms with Gasteiger partial charge in [-0.2, -0.15) is 0 Å². The van der Waals surface area contributed by atoms with Gasteiger partial charge >= 0.3 is 0 Å². The molecule has 1 aromatic rings. The van der Waals surface area contributed by atoms with E-state index in [0.29, 0.717) is 6.04 Å². The Bertz CT molecular complexity index is 402. The van der Waals surface area contributed by atoms with Crippen LogP contribution in [0.1, 0.15) is 49.8 Å². The Morgan fingerprint density at radius 1 is 1.33 bits per heavy atom. The number of nitrogens with one attached hydrogen (secondary N) is 1. The van der Waals surface area contributed by atoms with Gasteiger partial charge in [-0.15, -0.1) is 0 Å². The molecule has 0 bridgehead atoms. The van der Waals surface area contributed by atoms with Crippen LogP contribution in [0.25, 0.3) is 0 Å². The molecule has 0 amide bonds. The summed E-state index contributed by atoms with van der Waals surface area (Å²) >= 11 is 3.73. The fraction of sp³-hybridized carbons (Fsp3) is 0.625. The number of aryl methyl sites for hydroxylation is 1. The summed E-state index contributed by atoms with van der Waals surface area (Å²) in [6, 6.07) is 7.21. The number of benzene rings is 1. The van der Waals surface area contributed by atoms with E-state index in [0.717, 1.165) is 11.8 Å². The van der Waals surface area contributed by atoms with Crippen molar-refractivity contribution < 1.29 is 0 Å². The molecule has 1 fully saturated rings. The first kappa shape index (κ1) is 14.1. The van der Waals surface area contributed by atoms with Crippen LogP contribution in [0.2, 0.25) is 0 Å². The molecule has 1 aromatic carbocycles. The summed E-state index contributed by atoms with van der Waals surface area (Å²) in [5.41, 5.74) is 2.74. The van der Waals surface area contributed by atoms with Crippen molar-refractivity contribution >= 4 is 15.9 Å². The molecule has 18 heavy (non-hydrogen) atoms. The van der Waals surface area contributed by atoms with Crippen molar-refractivity contribution in [1.29, 1.82) is 0 Å². The highest BCUT2D eigenvalue weighted by atomic mass is 79.9. The quantitative estimate of drug-likeness (QED) is 0.842. The summed E-state index contributed by atoms with van der Waals surface area (Å²) < 4.78 is 1.25. The van der Waals surface area contributed by atoms with Crippen LogP contribution in [-0.4, -0.2) is 7.05 Å². The van der Waals surface area contributed by atoms with Crippen molar-refractivity contribution in [3.8, 4) is 0 Å². The normalized spacial score (nSPS) is 26.0. The number of hydrogen-bond acceptors (Lipinski definition) is 1. The summed E-state index contributed by atoms with van der Waals surface area (Å²) in [6.07, 6.45) is 5.50. The Balaban J connectivity index is 2.21. The zero-order valence-electron chi connectivity index (χ0n) is 11.7. The predicted octanol–water partition coefficient (Wildman–Crippen LogP) is 4.84. The second-order valence-corrected chi connectivity index (χ2v) is 6.68. The predicted molar refractivity (Wildman–Crippen MR) is 81.8 cm³/mol. The van der Waals surface area contributed by atoms with Crippen LogP contribution >= 0.6 is 15.9 Å². The summed E-state index contributed by atoms with van der Waals surface area (Å²) in [5.74, 6) is 1.65. The molecule has 2 heteroatoms. The SMILES string of the molecule is CNC(c1ccc(C)cc1Br)C1CCCC(C)C1. The van der Waals surface area contributed by atoms with Crippen molar-refractivity contribution in [3.05, 3.63) is 33.8 Å². The molecule has 0 heterocycles. The first-order valence-electron chi connectivity index (χ1n) is 7.05. The van der Waals surface area contributed by atoms with Crippen molar-refractivity contribution in [3.63, 3.8) is 0 Å². The lowest BCUT2D eigenvalue weighted by Gasteiger charge is -2.34. The fourth-order valence-electron chi connectivity index (χ4n) is 3.31. The van der Waals surface area contributed by atoms with Gasteiger partial charge in [0, 0.05) is 10.5 Å². The first-order valence-corrected chi connectivity index (χ1v) is 7.84. The molecule has 3 unspecified atom stereocenters. The third kappa shape index (κ3) is 3.16. The van der Waals surface area contributed by atoms with Gasteiger partial charge < -0.3 is 5.32 Å². The van der Waals surface area contributed by atoms with E-state index >= 15 is 0 Å². The second-order valence-electron chi connectivity index (χ2n) is 5.82. The molecule has 100 valence electrons. The summed E-state index contributed by atoms with van der Waals surface area (Å²) in [5, 5.41) is 3.54. The van der Waals surface area contributed by atoms with Crippen LogP contribution in [0.3, 0.4) is 0 Å². The Labute approximate surface area is 119 Å². The minimum Gasteiger partial charge on any atom is -0.313 e. The highest BCUT2D eigenvalue weighted by Gasteiger charge is 2.27. The maximum absolute atomic E-state index is 3.73. The minimum atomic E-state index is 0.489. The van der Waals surface area contributed by atoms with E-state index in [4.69, 9.17) is 0 Å². The fourth-order valence-corrected chi connectivity index (χ4v) is 4.05. The number of hydrogen-bond donors (Lipinski definition) is 1. The van der Waals surface area contributed by atoms with Gasteiger partial charge in [0.2, 0.25) is 0 Å². The van der Waals surface area contributed by atoms with Gasteiger partial charge in [-0.3, -0.25) is 0 Å². The molecule has 0 aliphatic heterocycles. The van der Waals surface area contributed by atoms with E-state index in [2.05, 4.69) is 60.3 Å². The van der Waals surface area contributed by atoms with Gasteiger partial charge in [0.05, 0.1) is 0 Å². The molecule has 1 saturated carbocycles. The summed E-state index contributed by atoms with van der Waals surface area (Å²) in [7, 11) is 2.09. The van der Waals surface area contributed by atoms with Gasteiger partial charge in [-0.05, 0) is 55.8 Å². The second kappa shape index (κ2) is 6.21. The molecule has 1 aliphatic rings. The highest BCUT2D eigenvalue weighted by molar-refractivity contribution is 9.10. The summed E-state index contributed by atoms with van der Waals surface area (Å²) in [4.78, 5) is 0. The topological polar surface area (TPSA) is 12.0 Å². The van der Waals surface area contributed by atoms with Gasteiger partial charge in [-0.25, -0.2) is 0 Å². The highest BCUT2D eigenvalue weighted by Crippen LogP contribution is 2.39. The molecule has 0 saturated heterocycles. The molecule has 0 spiro atoms. The van der Waals surface area contributed by atoms with Crippen LogP contribution in [0.5, 0.6) is 0 Å². The molecule has 1 N–H and O–H groups in total. The average Bonchev–Trinajstić information content (AvgIpc) is 2.33. The van der Waals surface area contributed by atoms with E-state index < -0.39 is 0 Å². The van der Waals surface area contributed by atoms with Crippen LogP contribution in [0, 0.1) is 18.8 Å². The lowest BCUT2D eigenvalue weighted by molar-refractivity contribution is 0.229. The van der Waals surface area contributed by atoms with Crippen LogP contribution in [0.15, 0.2) is 22.7 Å². The third-order valence-corrected chi connectivity index (χ3v) is 4.94. The zero-order valence-corrected chi connectivity index (χ0v) is 13.3. The van der Waals surface area contributed by atoms with Crippen LogP contribution < -0.4 is 5.32 Å². The van der Waals surface area contributed by atoms with E-state index in [1.54, 1.807) is 0 Å². The molecular weight excluding hydrogens is 286 g/mol. The first-order chi connectivity index (χ1) is 8.61. The maximum atomic E-state index is 3.73. The molecule has 0 aromatic heterocycles. The number of rotatable bonds is 3. The monoisotopic (exact) mass is 309 g/mol. The molecule has 2 rings (SSSR count). The Kier molecular flexibility index (Phi) is 4.85. The van der Waals surface area contributed by atoms with E-state index in [1.807, 2.05) is 0 Å². The van der Waals surface area contributed by atoms with E-state index in [-0.39, 0.29) is 0 Å². The van der Waals surface area contributed by atoms with E-state index in [9.17, 15) is 0 Å². The maximum Gasteiger partial charge on any atom is 0.0357 e. The molecule has 0 radical (unpaired) electrons. The lowest BCUT2D eigenvalue weighted by atomic mass is 9.76. The van der Waals surface area contributed by atoms with Crippen LogP contribution in [0.4, 0.5) is 0 Å². The molecule has 3 atom stereocenters. The van der Waals surface area contributed by atoms with Gasteiger partial charge in [0.25, 0.3) is 0 Å². The van der Waals surface area contributed by atoms with E-state index in [1.165, 1.54) is 41.3 Å². The molecule has 1 nitrogen and oxygen atoms in total. The Morgan fingerprint density at radius 3 is 2.72 bits per heavy atom. The Morgan fingerprint density at radius 2 is 2.11 bits per heavy atom. The van der Waals surface area contributed by atoms with Crippen molar-refractivity contribution in [1.82, 2.24) is 5.32 Å². The average molecular weight is 310 g/mol. The smallest absolute Gasteiger partial charge is 0.0357 e. The third-order valence-electron chi connectivity index (χ3n) is 4.25. The van der Waals surface area contributed by atoms with Gasteiger partial charge in [0.1, 0.15) is 0 Å². The van der Waals surface area contributed by atoms with Gasteiger partial charge in [-0.1, -0.05) is 47.8 Å². The molecule has 1 aliphatic carbocycles. The van der Waals surface area contributed by atoms with Gasteiger partial charge in [0.15, 0.2) is 0 Å². The number of halogens is 1. The largest absolute Gasteiger partial charge is 0.313 e. The standard InChI is InChI=1S/C16H24BrN/c1-11-5-4-6-13(9-11)16(18-3)14-8-7-12(2)10-15(14)17/h7-8,10-11,13,16,18H,4-6,9H2,1-3H3. The zero-order chi connectivity index (χ0) is 13.1. The van der Waals surface area contributed by atoms with Crippen molar-refractivity contribution in [2.75, 3.05) is 7.05 Å². The lowest BCUT2D eigenvalue weighted by Crippen LogP contribution is -2.29. The minimum absolute atomic E-state index is 0.489. The Hall–Kier alpha value is -0.340. The van der Waals surface area contributed by atoms with Crippen molar-refractivity contribution in [2.45, 2.75) is 45.6 Å². The van der Waals surface area contributed by atoms with Crippen LogP contribution in [-0.2, 0) is 0 Å². The summed E-state index contributed by atoms with van der Waals surface area (Å²) in [6.45, 7) is 4.54. The van der Waals surface area contributed by atoms with Crippen molar-refractivity contribution in [2.24, 2.45) is 11.8 Å². The molecular formula is C16H24BrN.